The summed E-state index contributed by atoms with van der Waals surface area (Å²) in [5.74, 6) is 0.166. The summed E-state index contributed by atoms with van der Waals surface area (Å²) < 4.78 is 83.8. The van der Waals surface area contributed by atoms with Gasteiger partial charge in [-0.15, -0.1) is 0 Å². The van der Waals surface area contributed by atoms with Crippen molar-refractivity contribution in [2.45, 2.75) is 12.4 Å². The molecule has 0 aliphatic rings. The molecule has 0 bridgehead atoms. The number of amides is 3. The number of pyridine rings is 1. The summed E-state index contributed by atoms with van der Waals surface area (Å²) in [6.45, 7) is 0. The number of aromatic nitrogens is 1. The summed E-state index contributed by atoms with van der Waals surface area (Å²) in [7, 11) is 1.44. The van der Waals surface area contributed by atoms with Crippen molar-refractivity contribution in [2.24, 2.45) is 0 Å². The van der Waals surface area contributed by atoms with Crippen molar-refractivity contribution >= 4 is 23.3 Å². The zero-order valence-electron chi connectivity index (χ0n) is 17.7. The van der Waals surface area contributed by atoms with Gasteiger partial charge in [0.15, 0.2) is 0 Å². The highest BCUT2D eigenvalue weighted by molar-refractivity contribution is 6.00. The normalized spacial score (nSPS) is 11.5. The molecule has 0 atom stereocenters. The quantitative estimate of drug-likeness (QED) is 0.381. The van der Waals surface area contributed by atoms with Gasteiger partial charge in [0.2, 0.25) is 0 Å². The number of urea groups is 1. The van der Waals surface area contributed by atoms with Gasteiger partial charge in [0.25, 0.3) is 5.91 Å². The van der Waals surface area contributed by atoms with E-state index >= 15 is 0 Å². The molecular weight excluding hydrogens is 482 g/mol. The van der Waals surface area contributed by atoms with Gasteiger partial charge in [-0.1, -0.05) is 0 Å². The largest absolute Gasteiger partial charge is 0.457 e. The van der Waals surface area contributed by atoms with Crippen LogP contribution in [0.3, 0.4) is 0 Å². The monoisotopic (exact) mass is 498 g/mol. The highest BCUT2D eigenvalue weighted by Gasteiger charge is 2.37. The third kappa shape index (κ3) is 6.62. The van der Waals surface area contributed by atoms with Crippen LogP contribution < -0.4 is 20.7 Å². The molecule has 1 heterocycles. The molecule has 0 saturated carbocycles. The Morgan fingerprint density at radius 1 is 0.829 bits per heavy atom. The third-order valence-electron chi connectivity index (χ3n) is 4.44. The van der Waals surface area contributed by atoms with E-state index in [1.165, 1.54) is 49.6 Å². The van der Waals surface area contributed by atoms with E-state index in [0.29, 0.717) is 11.5 Å². The number of ether oxygens (including phenoxy) is 1. The first-order valence-corrected chi connectivity index (χ1v) is 9.69. The van der Waals surface area contributed by atoms with Crippen molar-refractivity contribution in [1.82, 2.24) is 10.3 Å². The lowest BCUT2D eigenvalue weighted by atomic mass is 10.1. The molecule has 0 fully saturated rings. The van der Waals surface area contributed by atoms with E-state index in [-0.39, 0.29) is 29.6 Å². The first-order valence-electron chi connectivity index (χ1n) is 9.69. The maximum absolute atomic E-state index is 13.2. The second kappa shape index (κ2) is 9.91. The molecule has 13 heteroatoms. The standard InChI is InChI=1S/C22H16F6N4O3/c1-29-19(33)18-11-15(8-9-30-18)35-14-5-3-13(4-6-14)31-20(34)32-17-10-12(21(23,24)25)2-7-16(17)22(26,27)28/h2-11H,1H3,(H,29,33)(H2,31,32,34). The van der Waals surface area contributed by atoms with Crippen LogP contribution in [0, 0.1) is 0 Å². The van der Waals surface area contributed by atoms with Gasteiger partial charge in [-0.3, -0.25) is 9.78 Å². The highest BCUT2D eigenvalue weighted by atomic mass is 19.4. The number of benzene rings is 2. The molecule has 0 spiro atoms. The SMILES string of the molecule is CNC(=O)c1cc(Oc2ccc(NC(=O)Nc3cc(C(F)(F)F)ccc3C(F)(F)F)cc2)ccn1. The van der Waals surface area contributed by atoms with E-state index in [4.69, 9.17) is 4.74 Å². The van der Waals surface area contributed by atoms with Crippen LogP contribution in [0.1, 0.15) is 21.6 Å². The van der Waals surface area contributed by atoms with Crippen LogP contribution in [0.15, 0.2) is 60.8 Å². The molecule has 0 saturated heterocycles. The molecule has 0 radical (unpaired) electrons. The van der Waals surface area contributed by atoms with Gasteiger partial charge in [0.05, 0.1) is 16.8 Å². The maximum Gasteiger partial charge on any atom is 0.418 e. The minimum atomic E-state index is -4.99. The molecular formula is C22H16F6N4O3. The van der Waals surface area contributed by atoms with Crippen molar-refractivity contribution in [3.63, 3.8) is 0 Å². The Bertz CT molecular complexity index is 1230. The highest BCUT2D eigenvalue weighted by Crippen LogP contribution is 2.39. The molecule has 1 aromatic heterocycles. The number of hydrogen-bond donors (Lipinski definition) is 3. The van der Waals surface area contributed by atoms with E-state index < -0.39 is 41.1 Å². The summed E-state index contributed by atoms with van der Waals surface area (Å²) >= 11 is 0. The second-order valence-corrected chi connectivity index (χ2v) is 6.92. The lowest BCUT2D eigenvalue weighted by Crippen LogP contribution is -2.22. The smallest absolute Gasteiger partial charge is 0.418 e. The molecule has 0 aliphatic heterocycles. The van der Waals surface area contributed by atoms with Gasteiger partial charge in [-0.2, -0.15) is 26.3 Å². The van der Waals surface area contributed by atoms with Crippen molar-refractivity contribution in [2.75, 3.05) is 17.7 Å². The Kier molecular flexibility index (Phi) is 7.17. The fourth-order valence-electron chi connectivity index (χ4n) is 2.83. The molecule has 0 unspecified atom stereocenters. The predicted molar refractivity (Wildman–Crippen MR) is 113 cm³/mol. The van der Waals surface area contributed by atoms with E-state index in [2.05, 4.69) is 15.6 Å². The number of nitrogens with one attached hydrogen (secondary N) is 3. The number of nitrogens with zero attached hydrogens (tertiary/aromatic N) is 1. The minimum absolute atomic E-state index is 0.118. The minimum Gasteiger partial charge on any atom is -0.457 e. The van der Waals surface area contributed by atoms with Crippen LogP contribution in [-0.4, -0.2) is 24.0 Å². The van der Waals surface area contributed by atoms with Crippen molar-refractivity contribution in [3.05, 3.63) is 77.6 Å². The van der Waals surface area contributed by atoms with Crippen LogP contribution in [0.5, 0.6) is 11.5 Å². The van der Waals surface area contributed by atoms with Gasteiger partial charge >= 0.3 is 18.4 Å². The number of carbonyl (C=O) groups is 2. The first kappa shape index (κ1) is 25.3. The van der Waals surface area contributed by atoms with E-state index in [0.717, 1.165) is 0 Å². The Hall–Kier alpha value is -4.29. The van der Waals surface area contributed by atoms with Gasteiger partial charge in [-0.25, -0.2) is 4.79 Å². The van der Waals surface area contributed by atoms with Crippen molar-refractivity contribution in [3.8, 4) is 11.5 Å². The summed E-state index contributed by atoms with van der Waals surface area (Å²) in [5, 5.41) is 6.46. The first-order chi connectivity index (χ1) is 16.4. The molecule has 3 aromatic rings. The van der Waals surface area contributed by atoms with Crippen LogP contribution in [0.2, 0.25) is 0 Å². The number of halogens is 6. The third-order valence-corrected chi connectivity index (χ3v) is 4.44. The average Bonchev–Trinajstić information content (AvgIpc) is 2.78. The Morgan fingerprint density at radius 3 is 2.11 bits per heavy atom. The van der Waals surface area contributed by atoms with Gasteiger partial charge in [0, 0.05) is 25.0 Å². The molecule has 3 amide bonds. The molecule has 0 aliphatic carbocycles. The van der Waals surface area contributed by atoms with Crippen LogP contribution in [0.4, 0.5) is 42.5 Å². The second-order valence-electron chi connectivity index (χ2n) is 6.92. The Balaban J connectivity index is 1.71. The Morgan fingerprint density at radius 2 is 1.51 bits per heavy atom. The number of hydrogen-bond acceptors (Lipinski definition) is 4. The van der Waals surface area contributed by atoms with E-state index in [1.54, 1.807) is 0 Å². The topological polar surface area (TPSA) is 92.4 Å². The fraction of sp³-hybridized carbons (Fsp3) is 0.136. The summed E-state index contributed by atoms with van der Waals surface area (Å²) in [6, 6.07) is 7.99. The van der Waals surface area contributed by atoms with Crippen LogP contribution in [-0.2, 0) is 12.4 Å². The number of alkyl halides is 6. The number of carbonyl (C=O) groups excluding carboxylic acids is 2. The van der Waals surface area contributed by atoms with Gasteiger partial charge in [0.1, 0.15) is 17.2 Å². The molecule has 2 aromatic carbocycles. The lowest BCUT2D eigenvalue weighted by Gasteiger charge is -2.17. The van der Waals surface area contributed by atoms with E-state index in [1.807, 2.05) is 5.32 Å². The number of rotatable bonds is 5. The van der Waals surface area contributed by atoms with Crippen molar-refractivity contribution in [1.29, 1.82) is 0 Å². The van der Waals surface area contributed by atoms with Crippen LogP contribution >= 0.6 is 0 Å². The summed E-state index contributed by atoms with van der Waals surface area (Å²) in [5.41, 5.74) is -3.59. The molecule has 35 heavy (non-hydrogen) atoms. The lowest BCUT2D eigenvalue weighted by molar-refractivity contribution is -0.140. The molecule has 3 N–H and O–H groups in total. The van der Waals surface area contributed by atoms with Crippen molar-refractivity contribution < 1.29 is 40.7 Å². The predicted octanol–water partition coefficient (Wildman–Crippen LogP) is 5.92. The van der Waals surface area contributed by atoms with E-state index in [9.17, 15) is 35.9 Å². The maximum atomic E-state index is 13.2. The fourth-order valence-corrected chi connectivity index (χ4v) is 2.83. The van der Waals surface area contributed by atoms with Gasteiger partial charge in [-0.05, 0) is 48.5 Å². The molecule has 7 nitrogen and oxygen atoms in total. The summed E-state index contributed by atoms with van der Waals surface area (Å²) in [6.07, 6.45) is -8.53. The molecule has 184 valence electrons. The van der Waals surface area contributed by atoms with Gasteiger partial charge < -0.3 is 20.7 Å². The Labute approximate surface area is 194 Å². The molecule has 3 rings (SSSR count). The van der Waals surface area contributed by atoms with Crippen LogP contribution in [0.25, 0.3) is 0 Å². The number of anilines is 2. The zero-order chi connectivity index (χ0) is 25.8. The zero-order valence-corrected chi connectivity index (χ0v) is 17.7. The summed E-state index contributed by atoms with van der Waals surface area (Å²) in [4.78, 5) is 27.7. The average molecular weight is 498 g/mol.